The second-order valence-corrected chi connectivity index (χ2v) is 8.18. The highest BCUT2D eigenvalue weighted by atomic mass is 32.2. The molecule has 2 rings (SSSR count). The third-order valence-electron chi connectivity index (χ3n) is 3.83. The average Bonchev–Trinajstić information content (AvgIpc) is 2.98. The fraction of sp³-hybridized carbons (Fsp3) is 0.462. The molecule has 1 aromatic carbocycles. The van der Waals surface area contributed by atoms with Crippen LogP contribution in [0.25, 0.3) is 5.53 Å². The zero-order valence-corrected chi connectivity index (χ0v) is 13.6. The predicted octanol–water partition coefficient (Wildman–Crippen LogP) is 1.63. The largest absolute Gasteiger partial charge is 0.497 e. The van der Waals surface area contributed by atoms with Crippen molar-refractivity contribution >= 4 is 26.0 Å². The second-order valence-electron chi connectivity index (χ2n) is 5.04. The molecule has 1 unspecified atom stereocenters. The molecule has 1 aliphatic rings. The van der Waals surface area contributed by atoms with Crippen LogP contribution in [0, 0.1) is 0 Å². The smallest absolute Gasteiger partial charge is 0.406 e. The Kier molecular flexibility index (Phi) is 4.81. The normalized spacial score (nSPS) is 18.5. The van der Waals surface area contributed by atoms with Crippen LogP contribution in [-0.4, -0.2) is 38.9 Å². The molecule has 7 nitrogen and oxygen atoms in total. The molecule has 0 saturated heterocycles. The molecule has 0 bridgehead atoms. The maximum absolute atomic E-state index is 12.7. The van der Waals surface area contributed by atoms with Gasteiger partial charge in [-0.15, -0.1) is 0 Å². The molecule has 0 heterocycles. The van der Waals surface area contributed by atoms with Gasteiger partial charge in [-0.05, 0) is 31.0 Å². The summed E-state index contributed by atoms with van der Waals surface area (Å²) in [4.78, 5) is 2.76. The Hall–Kier alpha value is -1.54. The molecule has 120 valence electrons. The lowest BCUT2D eigenvalue weighted by Crippen LogP contribution is -2.45. The molecule has 1 aliphatic carbocycles. The topological polar surface area (TPSA) is 117 Å². The maximum atomic E-state index is 12.7. The highest BCUT2D eigenvalue weighted by Gasteiger charge is 2.57. The van der Waals surface area contributed by atoms with Gasteiger partial charge in [0.25, 0.3) is 9.84 Å². The van der Waals surface area contributed by atoms with Gasteiger partial charge in [0.2, 0.25) is 0 Å². The van der Waals surface area contributed by atoms with Crippen molar-refractivity contribution < 1.29 is 26.7 Å². The fourth-order valence-corrected chi connectivity index (χ4v) is 5.60. The molecule has 0 radical (unpaired) electrons. The highest BCUT2D eigenvalue weighted by Crippen LogP contribution is 2.38. The van der Waals surface area contributed by atoms with Crippen LogP contribution in [0.1, 0.15) is 25.7 Å². The van der Waals surface area contributed by atoms with E-state index in [4.69, 9.17) is 4.74 Å². The van der Waals surface area contributed by atoms with Crippen molar-refractivity contribution in [1.29, 1.82) is 0 Å². The molecule has 0 aliphatic heterocycles. The quantitative estimate of drug-likeness (QED) is 0.293. The second kappa shape index (κ2) is 6.29. The number of nitrogens with zero attached hydrogens (tertiary/aromatic N) is 2. The molecule has 1 atom stereocenters. The van der Waals surface area contributed by atoms with Gasteiger partial charge in [-0.25, -0.2) is 12.6 Å². The van der Waals surface area contributed by atoms with Crippen LogP contribution in [0.15, 0.2) is 29.2 Å². The zero-order chi connectivity index (χ0) is 16.4. The summed E-state index contributed by atoms with van der Waals surface area (Å²) in [5, 5.41) is -0.661. The summed E-state index contributed by atoms with van der Waals surface area (Å²) in [6, 6.07) is 5.66. The molecule has 9 heteroatoms. The molecule has 1 fully saturated rings. The van der Waals surface area contributed by atoms with Gasteiger partial charge in [0.1, 0.15) is 5.75 Å². The summed E-state index contributed by atoms with van der Waals surface area (Å²) in [6.45, 7) is 0. The zero-order valence-electron chi connectivity index (χ0n) is 11.9. The summed E-state index contributed by atoms with van der Waals surface area (Å²) >= 11 is -2.46. The number of benzene rings is 1. The van der Waals surface area contributed by atoms with Crippen LogP contribution in [0.2, 0.25) is 0 Å². The Balaban J connectivity index is 2.59. The first-order valence-corrected chi connectivity index (χ1v) is 9.20. The van der Waals surface area contributed by atoms with Gasteiger partial charge in [0, 0.05) is 0 Å². The average molecular weight is 344 g/mol. The number of hydrogen-bond acceptors (Lipinski definition) is 4. The van der Waals surface area contributed by atoms with Gasteiger partial charge >= 0.3 is 5.04 Å². The summed E-state index contributed by atoms with van der Waals surface area (Å²) in [5.41, 5.74) is 9.26. The van der Waals surface area contributed by atoms with E-state index in [0.29, 0.717) is 18.6 Å². The van der Waals surface area contributed by atoms with Crippen LogP contribution in [0.3, 0.4) is 0 Å². The van der Waals surface area contributed by atoms with E-state index in [1.165, 1.54) is 25.3 Å². The molecular weight excluding hydrogens is 328 g/mol. The lowest BCUT2D eigenvalue weighted by molar-refractivity contribution is -0.00616. The molecule has 1 N–H and O–H groups in total. The molecule has 0 spiro atoms. The van der Waals surface area contributed by atoms with Crippen LogP contribution in [0.5, 0.6) is 5.75 Å². The van der Waals surface area contributed by atoms with E-state index < -0.39 is 30.7 Å². The van der Waals surface area contributed by atoms with E-state index in [2.05, 4.69) is 4.79 Å². The van der Waals surface area contributed by atoms with Crippen LogP contribution in [-0.2, 0) is 20.9 Å². The van der Waals surface area contributed by atoms with Gasteiger partial charge in [-0.2, -0.15) is 4.79 Å². The summed E-state index contributed by atoms with van der Waals surface area (Å²) in [6.07, 6.45) is 1.55. The van der Waals surface area contributed by atoms with E-state index in [9.17, 15) is 22.7 Å². The van der Waals surface area contributed by atoms with Crippen molar-refractivity contribution in [3.8, 4) is 5.75 Å². The number of ether oxygens (including phenoxy) is 1. The third-order valence-corrected chi connectivity index (χ3v) is 7.09. The first-order chi connectivity index (χ1) is 10.4. The van der Waals surface area contributed by atoms with Gasteiger partial charge in [-0.1, -0.05) is 18.9 Å². The van der Waals surface area contributed by atoms with Crippen molar-refractivity contribution in [2.75, 3.05) is 7.11 Å². The molecule has 0 amide bonds. The Morgan fingerprint density at radius 2 is 2.05 bits per heavy atom. The minimum absolute atomic E-state index is 0.142. The lowest BCUT2D eigenvalue weighted by atomic mass is 10.1. The molecule has 1 aromatic rings. The summed E-state index contributed by atoms with van der Waals surface area (Å²) in [5.74, 6) is 0.323. The highest BCUT2D eigenvalue weighted by molar-refractivity contribution is 8.08. The van der Waals surface area contributed by atoms with Gasteiger partial charge in [0.15, 0.2) is 15.8 Å². The number of methoxy groups -OCH3 is 1. The van der Waals surface area contributed by atoms with Crippen molar-refractivity contribution in [3.63, 3.8) is 0 Å². The maximum Gasteiger partial charge on any atom is 0.406 e. The van der Waals surface area contributed by atoms with Crippen molar-refractivity contribution in [2.45, 2.75) is 35.3 Å². The molecular formula is C13H16N2O5S2. The van der Waals surface area contributed by atoms with E-state index in [1.807, 2.05) is 0 Å². The molecule has 0 aromatic heterocycles. The molecule has 1 saturated carbocycles. The van der Waals surface area contributed by atoms with Gasteiger partial charge in [0.05, 0.1) is 12.0 Å². The summed E-state index contributed by atoms with van der Waals surface area (Å²) < 4.78 is 50.3. The number of rotatable bonds is 4. The Morgan fingerprint density at radius 3 is 2.55 bits per heavy atom. The number of hydrogen-bond donors (Lipinski definition) is 1. The lowest BCUT2D eigenvalue weighted by Gasteiger charge is -2.19. The first kappa shape index (κ1) is 16.8. The van der Waals surface area contributed by atoms with Crippen molar-refractivity contribution in [3.05, 3.63) is 29.8 Å². The fourth-order valence-electron chi connectivity index (χ4n) is 2.68. The number of sulfone groups is 1. The van der Waals surface area contributed by atoms with Gasteiger partial charge in [-0.3, -0.25) is 0 Å². The van der Waals surface area contributed by atoms with Crippen molar-refractivity contribution in [2.24, 2.45) is 0 Å². The first-order valence-electron chi connectivity index (χ1n) is 6.61. The van der Waals surface area contributed by atoms with Gasteiger partial charge < -0.3 is 14.8 Å². The van der Waals surface area contributed by atoms with Crippen LogP contribution in [0.4, 0.5) is 0 Å². The summed E-state index contributed by atoms with van der Waals surface area (Å²) in [7, 11) is -2.81. The minimum atomic E-state index is -4.20. The van der Waals surface area contributed by atoms with E-state index in [-0.39, 0.29) is 17.7 Å². The van der Waals surface area contributed by atoms with E-state index in [1.54, 1.807) is 6.07 Å². The molecule has 22 heavy (non-hydrogen) atoms. The monoisotopic (exact) mass is 344 g/mol. The Bertz CT molecular complexity index is 747. The third kappa shape index (κ3) is 2.72. The van der Waals surface area contributed by atoms with Crippen LogP contribution >= 0.6 is 0 Å². The van der Waals surface area contributed by atoms with Crippen LogP contribution < -0.4 is 4.74 Å². The minimum Gasteiger partial charge on any atom is -0.497 e. The predicted molar refractivity (Wildman–Crippen MR) is 80.8 cm³/mol. The van der Waals surface area contributed by atoms with E-state index in [0.717, 1.165) is 0 Å². The Labute approximate surface area is 131 Å². The SMILES string of the molecule is COc1cccc(S(=O)(=O)C(=[N+]=[N-])C2(S(=O)O)CCCC2)c1. The standard InChI is InChI=1S/C13H16N2O5S2/c1-20-10-5-4-6-11(9-10)22(18,19)12(15-14)13(21(16)17)7-2-3-8-13/h4-6,9H,2-3,7-8H2,1H3,(H,16,17). The Morgan fingerprint density at radius 1 is 1.41 bits per heavy atom. The van der Waals surface area contributed by atoms with E-state index >= 15 is 0 Å². The van der Waals surface area contributed by atoms with Crippen molar-refractivity contribution in [1.82, 2.24) is 0 Å².